The molecule has 0 atom stereocenters. The number of ether oxygens (including phenoxy) is 1. The molecule has 0 amide bonds. The zero-order valence-corrected chi connectivity index (χ0v) is 17.0. The molecule has 0 saturated carbocycles. The van der Waals surface area contributed by atoms with Crippen molar-refractivity contribution in [2.45, 2.75) is 18.7 Å². The lowest BCUT2D eigenvalue weighted by molar-refractivity contribution is 0.340. The Labute approximate surface area is 169 Å². The molecule has 0 aliphatic heterocycles. The number of benzene rings is 2. The topological polar surface area (TPSA) is 86.7 Å². The first kappa shape index (κ1) is 19.2. The molecule has 2 heterocycles. The number of hydrogen-bond acceptors (Lipinski definition) is 4. The highest BCUT2D eigenvalue weighted by molar-refractivity contribution is 7.89. The number of fused-ring (bicyclic) bond motifs is 1. The summed E-state index contributed by atoms with van der Waals surface area (Å²) >= 11 is 0. The van der Waals surface area contributed by atoms with E-state index in [1.807, 2.05) is 61.0 Å². The summed E-state index contributed by atoms with van der Waals surface area (Å²) in [4.78, 5) is 0.0798. The molecule has 2 aromatic heterocycles. The molecule has 29 heavy (non-hydrogen) atoms. The normalized spacial score (nSPS) is 11.7. The summed E-state index contributed by atoms with van der Waals surface area (Å²) < 4.78 is 30.6. The van der Waals surface area contributed by atoms with Crippen LogP contribution in [0.3, 0.4) is 0 Å². The predicted molar refractivity (Wildman–Crippen MR) is 113 cm³/mol. The Balaban J connectivity index is 1.90. The summed E-state index contributed by atoms with van der Waals surface area (Å²) in [6, 6.07) is 18.4. The van der Waals surface area contributed by atoms with Crippen molar-refractivity contribution in [2.24, 2.45) is 5.14 Å². The second kappa shape index (κ2) is 7.35. The minimum absolute atomic E-state index is 0.0798. The van der Waals surface area contributed by atoms with Crippen LogP contribution in [0.25, 0.3) is 27.9 Å². The quantitative estimate of drug-likeness (QED) is 0.541. The predicted octanol–water partition coefficient (Wildman–Crippen LogP) is 4.02. The van der Waals surface area contributed by atoms with Crippen molar-refractivity contribution in [1.29, 1.82) is 0 Å². The van der Waals surface area contributed by atoms with Crippen molar-refractivity contribution in [3.05, 3.63) is 72.4 Å². The van der Waals surface area contributed by atoms with Gasteiger partial charge in [-0.3, -0.25) is 0 Å². The summed E-state index contributed by atoms with van der Waals surface area (Å²) in [6.07, 6.45) is 1.97. The van der Waals surface area contributed by atoms with Crippen LogP contribution in [0.2, 0.25) is 0 Å². The van der Waals surface area contributed by atoms with Gasteiger partial charge in [0.25, 0.3) is 0 Å². The van der Waals surface area contributed by atoms with Crippen molar-refractivity contribution < 1.29 is 13.2 Å². The number of hydrogen-bond donors (Lipinski definition) is 1. The molecule has 0 saturated heterocycles. The number of aromatic nitrogens is 2. The fourth-order valence-electron chi connectivity index (χ4n) is 3.33. The summed E-state index contributed by atoms with van der Waals surface area (Å²) in [6.45, 7) is 4.56. The van der Waals surface area contributed by atoms with Crippen LogP contribution in [0.5, 0.6) is 5.75 Å². The molecule has 0 bridgehead atoms. The van der Waals surface area contributed by atoms with Gasteiger partial charge >= 0.3 is 0 Å². The summed E-state index contributed by atoms with van der Waals surface area (Å²) in [7, 11) is -3.74. The van der Waals surface area contributed by atoms with E-state index >= 15 is 0 Å². The molecule has 4 rings (SSSR count). The number of sulfonamides is 1. The fourth-order valence-corrected chi connectivity index (χ4v) is 3.84. The van der Waals surface area contributed by atoms with Gasteiger partial charge in [-0.05, 0) is 67.4 Å². The van der Waals surface area contributed by atoms with Gasteiger partial charge in [0.2, 0.25) is 10.0 Å². The number of nitrogens with two attached hydrogens (primary N) is 1. The Kier molecular flexibility index (Phi) is 4.86. The Morgan fingerprint density at radius 1 is 0.966 bits per heavy atom. The molecule has 2 aromatic carbocycles. The Hall–Kier alpha value is -3.16. The third-order valence-corrected chi connectivity index (χ3v) is 5.62. The average Bonchev–Trinajstić information content (AvgIpc) is 3.06. The SMILES string of the molecule is CCOc1ccc(-c2nn3cc(C)ccc3c2-c2ccc(S(N)(=O)=O)cc2)cc1. The van der Waals surface area contributed by atoms with E-state index in [1.165, 1.54) is 12.1 Å². The first-order chi connectivity index (χ1) is 13.9. The first-order valence-corrected chi connectivity index (χ1v) is 10.8. The van der Waals surface area contributed by atoms with E-state index in [-0.39, 0.29) is 4.90 Å². The molecule has 148 valence electrons. The van der Waals surface area contributed by atoms with Gasteiger partial charge < -0.3 is 4.74 Å². The first-order valence-electron chi connectivity index (χ1n) is 9.22. The van der Waals surface area contributed by atoms with Crippen LogP contribution < -0.4 is 9.88 Å². The molecule has 7 heteroatoms. The molecular weight excluding hydrogens is 386 g/mol. The van der Waals surface area contributed by atoms with E-state index in [0.717, 1.165) is 39.2 Å². The van der Waals surface area contributed by atoms with Crippen LogP contribution in [0.1, 0.15) is 12.5 Å². The minimum Gasteiger partial charge on any atom is -0.494 e. The standard InChI is InChI=1S/C22H21N3O3S/c1-3-28-18-9-5-17(6-10-18)22-21(20-13-4-15(2)14-25(20)24-22)16-7-11-19(12-8-16)29(23,26)27/h4-14H,3H2,1-2H3,(H2,23,26,27). The van der Waals surface area contributed by atoms with E-state index in [4.69, 9.17) is 15.0 Å². The van der Waals surface area contributed by atoms with Crippen LogP contribution in [0, 0.1) is 6.92 Å². The average molecular weight is 407 g/mol. The third kappa shape index (κ3) is 3.74. The minimum atomic E-state index is -3.74. The van der Waals surface area contributed by atoms with Crippen molar-refractivity contribution in [2.75, 3.05) is 6.61 Å². The van der Waals surface area contributed by atoms with Crippen LogP contribution in [-0.2, 0) is 10.0 Å². The smallest absolute Gasteiger partial charge is 0.238 e. The Morgan fingerprint density at radius 2 is 1.62 bits per heavy atom. The summed E-state index contributed by atoms with van der Waals surface area (Å²) in [5.74, 6) is 0.801. The van der Waals surface area contributed by atoms with Crippen LogP contribution in [-0.4, -0.2) is 24.6 Å². The summed E-state index contributed by atoms with van der Waals surface area (Å²) in [5.41, 5.74) is 5.56. The Bertz CT molecular complexity index is 1280. The molecule has 0 aliphatic rings. The molecule has 0 aliphatic carbocycles. The maximum absolute atomic E-state index is 11.6. The second-order valence-corrected chi connectivity index (χ2v) is 8.35. The van der Waals surface area contributed by atoms with Gasteiger partial charge in [0, 0.05) is 17.3 Å². The molecule has 0 radical (unpaired) electrons. The lowest BCUT2D eigenvalue weighted by Crippen LogP contribution is -2.11. The highest BCUT2D eigenvalue weighted by Crippen LogP contribution is 2.36. The zero-order valence-electron chi connectivity index (χ0n) is 16.2. The van der Waals surface area contributed by atoms with Gasteiger partial charge in [-0.15, -0.1) is 0 Å². The summed E-state index contributed by atoms with van der Waals surface area (Å²) in [5, 5.41) is 10.0. The lowest BCUT2D eigenvalue weighted by atomic mass is 9.99. The van der Waals surface area contributed by atoms with Gasteiger partial charge in [0.05, 0.1) is 17.0 Å². The number of nitrogens with zero attached hydrogens (tertiary/aromatic N) is 2. The van der Waals surface area contributed by atoms with Crippen molar-refractivity contribution in [3.8, 4) is 28.1 Å². The maximum Gasteiger partial charge on any atom is 0.238 e. The van der Waals surface area contributed by atoms with E-state index in [9.17, 15) is 8.42 Å². The number of primary sulfonamides is 1. The molecule has 4 aromatic rings. The molecular formula is C22H21N3O3S. The van der Waals surface area contributed by atoms with Crippen molar-refractivity contribution >= 4 is 15.5 Å². The maximum atomic E-state index is 11.6. The van der Waals surface area contributed by atoms with Crippen molar-refractivity contribution in [1.82, 2.24) is 9.61 Å². The van der Waals surface area contributed by atoms with E-state index in [1.54, 1.807) is 12.1 Å². The highest BCUT2D eigenvalue weighted by atomic mass is 32.2. The lowest BCUT2D eigenvalue weighted by Gasteiger charge is -2.07. The molecule has 2 N–H and O–H groups in total. The third-order valence-electron chi connectivity index (χ3n) is 4.69. The van der Waals surface area contributed by atoms with Crippen LogP contribution in [0.15, 0.2) is 71.8 Å². The Morgan fingerprint density at radius 3 is 2.24 bits per heavy atom. The van der Waals surface area contributed by atoms with E-state index in [2.05, 4.69) is 0 Å². The van der Waals surface area contributed by atoms with Gasteiger partial charge in [0.1, 0.15) is 11.4 Å². The largest absolute Gasteiger partial charge is 0.494 e. The number of aryl methyl sites for hydroxylation is 1. The number of rotatable bonds is 5. The molecule has 0 fully saturated rings. The van der Waals surface area contributed by atoms with Gasteiger partial charge in [-0.25, -0.2) is 18.1 Å². The monoisotopic (exact) mass is 407 g/mol. The van der Waals surface area contributed by atoms with E-state index < -0.39 is 10.0 Å². The van der Waals surface area contributed by atoms with Gasteiger partial charge in [0.15, 0.2) is 0 Å². The zero-order chi connectivity index (χ0) is 20.6. The highest BCUT2D eigenvalue weighted by Gasteiger charge is 2.17. The second-order valence-electron chi connectivity index (χ2n) is 6.79. The molecule has 0 spiro atoms. The van der Waals surface area contributed by atoms with Gasteiger partial charge in [-0.1, -0.05) is 18.2 Å². The fraction of sp³-hybridized carbons (Fsp3) is 0.136. The molecule has 0 unspecified atom stereocenters. The van der Waals surface area contributed by atoms with Crippen LogP contribution in [0.4, 0.5) is 0 Å². The number of pyridine rings is 1. The molecule has 6 nitrogen and oxygen atoms in total. The van der Waals surface area contributed by atoms with Crippen LogP contribution >= 0.6 is 0 Å². The van der Waals surface area contributed by atoms with Crippen molar-refractivity contribution in [3.63, 3.8) is 0 Å². The van der Waals surface area contributed by atoms with E-state index in [0.29, 0.717) is 6.61 Å². The van der Waals surface area contributed by atoms with Gasteiger partial charge in [-0.2, -0.15) is 5.10 Å².